The minimum Gasteiger partial charge on any atom is -0.493 e. The highest BCUT2D eigenvalue weighted by atomic mass is 79.9. The normalized spacial score (nSPS) is 10.6. The van der Waals surface area contributed by atoms with Crippen molar-refractivity contribution in [2.45, 2.75) is 13.8 Å². The summed E-state index contributed by atoms with van der Waals surface area (Å²) in [7, 11) is 0. The molecule has 0 aliphatic rings. The highest BCUT2D eigenvalue weighted by Crippen LogP contribution is 2.26. The van der Waals surface area contributed by atoms with Gasteiger partial charge in [0.15, 0.2) is 18.1 Å². The number of amides is 1. The van der Waals surface area contributed by atoms with Gasteiger partial charge >= 0.3 is 0 Å². The van der Waals surface area contributed by atoms with E-state index in [-0.39, 0.29) is 12.5 Å². The highest BCUT2D eigenvalue weighted by molar-refractivity contribution is 9.10. The van der Waals surface area contributed by atoms with Crippen molar-refractivity contribution in [3.05, 3.63) is 52.5 Å². The molecule has 0 saturated carbocycles. The first-order valence-electron chi connectivity index (χ1n) is 8.23. The molecule has 0 aliphatic heterocycles. The van der Waals surface area contributed by atoms with Crippen molar-refractivity contribution in [3.63, 3.8) is 0 Å². The number of carbonyl (C=O) groups is 1. The summed E-state index contributed by atoms with van der Waals surface area (Å²) in [4.78, 5) is 11.9. The maximum atomic E-state index is 11.9. The molecule has 0 radical (unpaired) electrons. The molecule has 0 bridgehead atoms. The van der Waals surface area contributed by atoms with Gasteiger partial charge in [0.05, 0.1) is 19.4 Å². The van der Waals surface area contributed by atoms with Crippen LogP contribution in [0.1, 0.15) is 19.4 Å². The Morgan fingerprint density at radius 2 is 1.69 bits per heavy atom. The average Bonchev–Trinajstić information content (AvgIpc) is 2.63. The van der Waals surface area contributed by atoms with E-state index in [1.165, 1.54) is 6.21 Å². The van der Waals surface area contributed by atoms with Crippen LogP contribution in [0.5, 0.6) is 17.2 Å². The van der Waals surface area contributed by atoms with E-state index in [2.05, 4.69) is 26.5 Å². The Labute approximate surface area is 161 Å². The van der Waals surface area contributed by atoms with E-state index < -0.39 is 0 Å². The predicted molar refractivity (Wildman–Crippen MR) is 104 cm³/mol. The molecule has 26 heavy (non-hydrogen) atoms. The lowest BCUT2D eigenvalue weighted by Crippen LogP contribution is -2.24. The number of halogens is 1. The van der Waals surface area contributed by atoms with Crippen LogP contribution in [0.3, 0.4) is 0 Å². The Balaban J connectivity index is 1.91. The second-order valence-corrected chi connectivity index (χ2v) is 5.99. The van der Waals surface area contributed by atoms with Gasteiger partial charge in [0.2, 0.25) is 0 Å². The topological polar surface area (TPSA) is 69.2 Å². The van der Waals surface area contributed by atoms with E-state index in [0.717, 1.165) is 10.0 Å². The van der Waals surface area contributed by atoms with Gasteiger partial charge in [0.25, 0.3) is 5.91 Å². The van der Waals surface area contributed by atoms with E-state index in [4.69, 9.17) is 14.2 Å². The first-order chi connectivity index (χ1) is 12.6. The number of nitrogens with zero attached hydrogens (tertiary/aromatic N) is 1. The molecule has 6 nitrogen and oxygen atoms in total. The standard InChI is InChI=1S/C19H21BrN2O4/c1-3-24-16-10-9-15(20)11-14(16)12-21-22-19(23)13-26-18-8-6-5-7-17(18)25-4-2/h5-12H,3-4,13H2,1-2H3,(H,22,23). The molecule has 0 fully saturated rings. The first-order valence-corrected chi connectivity index (χ1v) is 9.02. The molecule has 138 valence electrons. The lowest BCUT2D eigenvalue weighted by molar-refractivity contribution is -0.123. The third-order valence-electron chi connectivity index (χ3n) is 3.17. The SMILES string of the molecule is CCOc1ccc(Br)cc1C=NNC(=O)COc1ccccc1OCC. The fourth-order valence-corrected chi connectivity index (χ4v) is 2.48. The summed E-state index contributed by atoms with van der Waals surface area (Å²) in [6.45, 7) is 4.69. The van der Waals surface area contributed by atoms with Crippen LogP contribution >= 0.6 is 15.9 Å². The van der Waals surface area contributed by atoms with Crippen molar-refractivity contribution in [2.24, 2.45) is 5.10 Å². The minimum atomic E-state index is -0.375. The molecule has 0 spiro atoms. The molecule has 2 aromatic rings. The number of rotatable bonds is 9. The van der Waals surface area contributed by atoms with Crippen LogP contribution in [0, 0.1) is 0 Å². The largest absolute Gasteiger partial charge is 0.493 e. The maximum absolute atomic E-state index is 11.9. The molecule has 0 unspecified atom stereocenters. The quantitative estimate of drug-likeness (QED) is 0.494. The minimum absolute atomic E-state index is 0.168. The number of carbonyl (C=O) groups excluding carboxylic acids is 1. The number of benzene rings is 2. The summed E-state index contributed by atoms with van der Waals surface area (Å²) >= 11 is 3.40. The van der Waals surface area contributed by atoms with Gasteiger partial charge in [-0.25, -0.2) is 5.43 Å². The summed E-state index contributed by atoms with van der Waals surface area (Å²) in [6, 6.07) is 12.8. The molecule has 1 N–H and O–H groups in total. The van der Waals surface area contributed by atoms with Gasteiger partial charge in [-0.2, -0.15) is 5.10 Å². The van der Waals surface area contributed by atoms with Gasteiger partial charge < -0.3 is 14.2 Å². The van der Waals surface area contributed by atoms with Crippen LogP contribution in [0.2, 0.25) is 0 Å². The van der Waals surface area contributed by atoms with E-state index in [9.17, 15) is 4.79 Å². The summed E-state index contributed by atoms with van der Waals surface area (Å²) in [5.74, 6) is 1.43. The number of nitrogens with one attached hydrogen (secondary N) is 1. The number of hydrogen-bond acceptors (Lipinski definition) is 5. The third kappa shape index (κ3) is 6.07. The van der Waals surface area contributed by atoms with Crippen LogP contribution in [0.25, 0.3) is 0 Å². The molecule has 0 aliphatic carbocycles. The number of hydrazone groups is 1. The Morgan fingerprint density at radius 3 is 2.38 bits per heavy atom. The number of para-hydroxylation sites is 2. The molecule has 2 aromatic carbocycles. The Kier molecular flexibility index (Phi) is 7.95. The molecule has 0 aromatic heterocycles. The maximum Gasteiger partial charge on any atom is 0.277 e. The van der Waals surface area contributed by atoms with Crippen LogP contribution in [0.15, 0.2) is 52.0 Å². The molecule has 1 amide bonds. The predicted octanol–water partition coefficient (Wildman–Crippen LogP) is 3.78. The zero-order valence-electron chi connectivity index (χ0n) is 14.7. The van der Waals surface area contributed by atoms with Gasteiger partial charge in [0, 0.05) is 10.0 Å². The molecule has 7 heteroatoms. The van der Waals surface area contributed by atoms with Crippen LogP contribution in [-0.2, 0) is 4.79 Å². The van der Waals surface area contributed by atoms with Crippen molar-refractivity contribution in [2.75, 3.05) is 19.8 Å². The second-order valence-electron chi connectivity index (χ2n) is 5.08. The summed E-state index contributed by atoms with van der Waals surface area (Å²) in [5, 5.41) is 3.96. The summed E-state index contributed by atoms with van der Waals surface area (Å²) in [5.41, 5.74) is 3.19. The van der Waals surface area contributed by atoms with Crippen molar-refractivity contribution in [1.82, 2.24) is 5.43 Å². The summed E-state index contributed by atoms with van der Waals surface area (Å²) < 4.78 is 17.4. The molecule has 2 rings (SSSR count). The fourth-order valence-electron chi connectivity index (χ4n) is 2.10. The summed E-state index contributed by atoms with van der Waals surface area (Å²) in [6.07, 6.45) is 1.53. The van der Waals surface area contributed by atoms with Gasteiger partial charge in [-0.1, -0.05) is 28.1 Å². The van der Waals surface area contributed by atoms with Crippen LogP contribution in [0.4, 0.5) is 0 Å². The number of hydrogen-bond donors (Lipinski definition) is 1. The fraction of sp³-hybridized carbons (Fsp3) is 0.263. The van der Waals surface area contributed by atoms with Gasteiger partial charge in [0.1, 0.15) is 5.75 Å². The van der Waals surface area contributed by atoms with Gasteiger partial charge in [-0.05, 0) is 44.2 Å². The van der Waals surface area contributed by atoms with Crippen molar-refractivity contribution >= 4 is 28.1 Å². The highest BCUT2D eigenvalue weighted by Gasteiger charge is 2.07. The Morgan fingerprint density at radius 1 is 1.04 bits per heavy atom. The lowest BCUT2D eigenvalue weighted by atomic mass is 10.2. The number of ether oxygens (including phenoxy) is 3. The van der Waals surface area contributed by atoms with E-state index in [1.807, 2.05) is 44.2 Å². The Bertz CT molecular complexity index is 765. The molecular weight excluding hydrogens is 400 g/mol. The van der Waals surface area contributed by atoms with E-state index in [0.29, 0.717) is 30.5 Å². The van der Waals surface area contributed by atoms with Gasteiger partial charge in [-0.15, -0.1) is 0 Å². The third-order valence-corrected chi connectivity index (χ3v) is 3.67. The van der Waals surface area contributed by atoms with Gasteiger partial charge in [-0.3, -0.25) is 4.79 Å². The van der Waals surface area contributed by atoms with E-state index in [1.54, 1.807) is 12.1 Å². The zero-order valence-corrected chi connectivity index (χ0v) is 16.3. The van der Waals surface area contributed by atoms with Crippen molar-refractivity contribution in [3.8, 4) is 17.2 Å². The second kappa shape index (κ2) is 10.5. The molecule has 0 saturated heterocycles. The molecular formula is C19H21BrN2O4. The molecule has 0 heterocycles. The lowest BCUT2D eigenvalue weighted by Gasteiger charge is -2.10. The zero-order chi connectivity index (χ0) is 18.8. The average molecular weight is 421 g/mol. The smallest absolute Gasteiger partial charge is 0.277 e. The van der Waals surface area contributed by atoms with Crippen molar-refractivity contribution < 1.29 is 19.0 Å². The van der Waals surface area contributed by atoms with Crippen LogP contribution in [-0.4, -0.2) is 31.9 Å². The van der Waals surface area contributed by atoms with E-state index >= 15 is 0 Å². The Hall–Kier alpha value is -2.54. The molecule has 0 atom stereocenters. The monoisotopic (exact) mass is 420 g/mol. The van der Waals surface area contributed by atoms with Crippen molar-refractivity contribution in [1.29, 1.82) is 0 Å². The van der Waals surface area contributed by atoms with Crippen LogP contribution < -0.4 is 19.6 Å². The first kappa shape index (κ1) is 19.8.